The third-order valence-electron chi connectivity index (χ3n) is 3.20. The molecule has 1 heterocycles. The van der Waals surface area contributed by atoms with Crippen LogP contribution in [-0.4, -0.2) is 74.3 Å². The molecule has 1 fully saturated rings. The van der Waals surface area contributed by atoms with Gasteiger partial charge in [0.25, 0.3) is 0 Å². The molecule has 1 aliphatic rings. The van der Waals surface area contributed by atoms with Gasteiger partial charge in [-0.3, -0.25) is 19.3 Å². The fourth-order valence-corrected chi connectivity index (χ4v) is 2.12. The van der Waals surface area contributed by atoms with Crippen LogP contribution in [0.4, 0.5) is 0 Å². The Kier molecular flexibility index (Phi) is 7.00. The van der Waals surface area contributed by atoms with Crippen molar-refractivity contribution in [1.29, 1.82) is 0 Å². The van der Waals surface area contributed by atoms with Crippen molar-refractivity contribution in [2.75, 3.05) is 46.8 Å². The first-order valence-corrected chi connectivity index (χ1v) is 6.96. The van der Waals surface area contributed by atoms with Crippen LogP contribution in [-0.2, 0) is 14.4 Å². The van der Waals surface area contributed by atoms with Crippen LogP contribution in [0, 0.1) is 0 Å². The van der Waals surface area contributed by atoms with E-state index in [1.165, 1.54) is 0 Å². The predicted octanol–water partition coefficient (Wildman–Crippen LogP) is -1.21. The maximum atomic E-state index is 11.6. The van der Waals surface area contributed by atoms with Crippen molar-refractivity contribution in [2.45, 2.75) is 19.3 Å². The fourth-order valence-electron chi connectivity index (χ4n) is 2.12. The van der Waals surface area contributed by atoms with Crippen LogP contribution in [0.25, 0.3) is 0 Å². The normalized spacial score (nSPS) is 14.8. The standard InChI is InChI=1S/C13H24N4O3/c1-14-11(18)9-16(2)10-12(19)15-6-4-8-17-7-3-5-13(17)20/h3-10H2,1-2H3,(H,14,18)(H,15,19). The summed E-state index contributed by atoms with van der Waals surface area (Å²) in [4.78, 5) is 37.6. The Bertz CT molecular complexity index is 360. The lowest BCUT2D eigenvalue weighted by Crippen LogP contribution is -2.40. The van der Waals surface area contributed by atoms with Gasteiger partial charge < -0.3 is 15.5 Å². The van der Waals surface area contributed by atoms with Crippen LogP contribution >= 0.6 is 0 Å². The third kappa shape index (κ3) is 6.01. The summed E-state index contributed by atoms with van der Waals surface area (Å²) in [6.45, 7) is 2.48. The Hall–Kier alpha value is -1.63. The van der Waals surface area contributed by atoms with Gasteiger partial charge in [0.15, 0.2) is 0 Å². The number of hydrogen-bond acceptors (Lipinski definition) is 4. The summed E-state index contributed by atoms with van der Waals surface area (Å²) in [7, 11) is 3.29. The van der Waals surface area contributed by atoms with E-state index in [0.717, 1.165) is 19.4 Å². The lowest BCUT2D eigenvalue weighted by Gasteiger charge is -2.17. The topological polar surface area (TPSA) is 81.8 Å². The van der Waals surface area contributed by atoms with Crippen molar-refractivity contribution in [2.24, 2.45) is 0 Å². The molecule has 0 spiro atoms. The molecule has 1 aliphatic heterocycles. The lowest BCUT2D eigenvalue weighted by atomic mass is 10.3. The van der Waals surface area contributed by atoms with Crippen molar-refractivity contribution in [1.82, 2.24) is 20.4 Å². The first kappa shape index (κ1) is 16.4. The summed E-state index contributed by atoms with van der Waals surface area (Å²) < 4.78 is 0. The highest BCUT2D eigenvalue weighted by Crippen LogP contribution is 2.09. The molecular weight excluding hydrogens is 260 g/mol. The van der Waals surface area contributed by atoms with Gasteiger partial charge in [0.1, 0.15) is 0 Å². The van der Waals surface area contributed by atoms with E-state index in [1.54, 1.807) is 19.0 Å². The summed E-state index contributed by atoms with van der Waals surface area (Å²) in [5.41, 5.74) is 0. The summed E-state index contributed by atoms with van der Waals surface area (Å²) >= 11 is 0. The molecule has 0 aromatic rings. The first-order chi connectivity index (χ1) is 9.52. The molecule has 0 saturated carbocycles. The Labute approximate surface area is 119 Å². The minimum absolute atomic E-state index is 0.107. The predicted molar refractivity (Wildman–Crippen MR) is 75.0 cm³/mol. The molecule has 2 N–H and O–H groups in total. The molecule has 3 amide bonds. The number of rotatable bonds is 8. The van der Waals surface area contributed by atoms with Crippen LogP contribution in [0.15, 0.2) is 0 Å². The zero-order chi connectivity index (χ0) is 15.0. The van der Waals surface area contributed by atoms with Gasteiger partial charge >= 0.3 is 0 Å². The molecule has 0 aliphatic carbocycles. The van der Waals surface area contributed by atoms with Crippen molar-refractivity contribution in [3.63, 3.8) is 0 Å². The molecule has 0 unspecified atom stereocenters. The Morgan fingerprint density at radius 1 is 1.30 bits per heavy atom. The van der Waals surface area contributed by atoms with Crippen LogP contribution in [0.5, 0.6) is 0 Å². The van der Waals surface area contributed by atoms with Crippen molar-refractivity contribution >= 4 is 17.7 Å². The third-order valence-corrected chi connectivity index (χ3v) is 3.20. The Morgan fingerprint density at radius 3 is 2.60 bits per heavy atom. The second-order valence-electron chi connectivity index (χ2n) is 5.03. The van der Waals surface area contributed by atoms with Crippen molar-refractivity contribution in [3.8, 4) is 0 Å². The minimum Gasteiger partial charge on any atom is -0.358 e. The second kappa shape index (κ2) is 8.52. The fraction of sp³-hybridized carbons (Fsp3) is 0.769. The van der Waals surface area contributed by atoms with Gasteiger partial charge in [-0.15, -0.1) is 0 Å². The summed E-state index contributed by atoms with van der Waals surface area (Å²) in [5, 5.41) is 5.30. The highest BCUT2D eigenvalue weighted by Gasteiger charge is 2.19. The average Bonchev–Trinajstić information content (AvgIpc) is 2.80. The number of carbonyl (C=O) groups excluding carboxylic acids is 3. The number of likely N-dealkylation sites (tertiary alicyclic amines) is 1. The van der Waals surface area contributed by atoms with Crippen molar-refractivity contribution in [3.05, 3.63) is 0 Å². The number of amides is 3. The molecule has 20 heavy (non-hydrogen) atoms. The van der Waals surface area contributed by atoms with Crippen LogP contribution in [0.1, 0.15) is 19.3 Å². The van der Waals surface area contributed by atoms with Gasteiger partial charge in [-0.25, -0.2) is 0 Å². The maximum Gasteiger partial charge on any atom is 0.234 e. The van der Waals surface area contributed by atoms with E-state index in [9.17, 15) is 14.4 Å². The quantitative estimate of drug-likeness (QED) is 0.548. The Morgan fingerprint density at radius 2 is 2.00 bits per heavy atom. The molecule has 0 bridgehead atoms. The van der Waals surface area contributed by atoms with Gasteiger partial charge in [0, 0.05) is 33.1 Å². The molecule has 0 aromatic heterocycles. The zero-order valence-corrected chi connectivity index (χ0v) is 12.3. The second-order valence-corrected chi connectivity index (χ2v) is 5.03. The number of nitrogens with one attached hydrogen (secondary N) is 2. The van der Waals surface area contributed by atoms with Gasteiger partial charge in [-0.05, 0) is 19.9 Å². The number of carbonyl (C=O) groups is 3. The summed E-state index contributed by atoms with van der Waals surface area (Å²) in [6.07, 6.45) is 2.35. The van der Waals surface area contributed by atoms with Gasteiger partial charge in [0.05, 0.1) is 13.1 Å². The lowest BCUT2D eigenvalue weighted by molar-refractivity contribution is -0.127. The van der Waals surface area contributed by atoms with Crippen LogP contribution in [0.3, 0.4) is 0 Å². The highest BCUT2D eigenvalue weighted by molar-refractivity contribution is 5.81. The molecule has 7 heteroatoms. The van der Waals surface area contributed by atoms with E-state index in [-0.39, 0.29) is 30.8 Å². The van der Waals surface area contributed by atoms with E-state index in [4.69, 9.17) is 0 Å². The molecule has 114 valence electrons. The smallest absolute Gasteiger partial charge is 0.234 e. The molecule has 1 saturated heterocycles. The van der Waals surface area contributed by atoms with E-state index in [2.05, 4.69) is 10.6 Å². The molecule has 0 aromatic carbocycles. The largest absolute Gasteiger partial charge is 0.358 e. The summed E-state index contributed by atoms with van der Waals surface area (Å²) in [5.74, 6) is -0.0152. The molecule has 0 radical (unpaired) electrons. The van der Waals surface area contributed by atoms with E-state index < -0.39 is 0 Å². The molecule has 7 nitrogen and oxygen atoms in total. The molecular formula is C13H24N4O3. The average molecular weight is 284 g/mol. The maximum absolute atomic E-state index is 11.6. The van der Waals surface area contributed by atoms with E-state index in [0.29, 0.717) is 19.5 Å². The number of likely N-dealkylation sites (N-methyl/N-ethyl adjacent to an activating group) is 2. The SMILES string of the molecule is CNC(=O)CN(C)CC(=O)NCCCN1CCCC1=O. The van der Waals surface area contributed by atoms with E-state index >= 15 is 0 Å². The van der Waals surface area contributed by atoms with Gasteiger partial charge in [-0.1, -0.05) is 0 Å². The Balaban J connectivity index is 2.07. The summed E-state index contributed by atoms with van der Waals surface area (Å²) in [6, 6.07) is 0. The first-order valence-electron chi connectivity index (χ1n) is 6.96. The van der Waals surface area contributed by atoms with Gasteiger partial charge in [0.2, 0.25) is 17.7 Å². The number of hydrogen-bond donors (Lipinski definition) is 2. The zero-order valence-electron chi connectivity index (χ0n) is 12.3. The van der Waals surface area contributed by atoms with E-state index in [1.807, 2.05) is 4.90 Å². The van der Waals surface area contributed by atoms with Crippen LogP contribution < -0.4 is 10.6 Å². The monoisotopic (exact) mass is 284 g/mol. The molecule has 1 rings (SSSR count). The highest BCUT2D eigenvalue weighted by atomic mass is 16.2. The van der Waals surface area contributed by atoms with Crippen LogP contribution in [0.2, 0.25) is 0 Å². The van der Waals surface area contributed by atoms with Crippen molar-refractivity contribution < 1.29 is 14.4 Å². The molecule has 0 atom stereocenters. The minimum atomic E-state index is -0.118. The number of nitrogens with zero attached hydrogens (tertiary/aromatic N) is 2. The van der Waals surface area contributed by atoms with Gasteiger partial charge in [-0.2, -0.15) is 0 Å².